The maximum atomic E-state index is 11.9. The van der Waals surface area contributed by atoms with Crippen LogP contribution in [0.1, 0.15) is 12.8 Å². The highest BCUT2D eigenvalue weighted by molar-refractivity contribution is 5.94. The topological polar surface area (TPSA) is 85.9 Å². The van der Waals surface area contributed by atoms with Gasteiger partial charge in [-0.25, -0.2) is 0 Å². The molecule has 7 nitrogen and oxygen atoms in total. The van der Waals surface area contributed by atoms with Crippen molar-refractivity contribution in [1.82, 2.24) is 5.32 Å². The third kappa shape index (κ3) is 6.19. The predicted molar refractivity (Wildman–Crippen MR) is 105 cm³/mol. The fourth-order valence-corrected chi connectivity index (χ4v) is 2.48. The Kier molecular flexibility index (Phi) is 6.73. The van der Waals surface area contributed by atoms with E-state index in [9.17, 15) is 9.59 Å². The molecule has 0 bridgehead atoms. The number of methoxy groups -OCH3 is 1. The Hall–Kier alpha value is -3.22. The van der Waals surface area contributed by atoms with Crippen molar-refractivity contribution in [2.24, 2.45) is 5.92 Å². The molecular formula is C21H24N2O5. The summed E-state index contributed by atoms with van der Waals surface area (Å²) in [5, 5.41) is 5.58. The van der Waals surface area contributed by atoms with Crippen molar-refractivity contribution in [3.05, 3.63) is 48.5 Å². The van der Waals surface area contributed by atoms with E-state index < -0.39 is 0 Å². The van der Waals surface area contributed by atoms with Crippen LogP contribution in [0.4, 0.5) is 5.69 Å². The molecule has 7 heteroatoms. The zero-order chi connectivity index (χ0) is 19.8. The van der Waals surface area contributed by atoms with E-state index in [1.165, 1.54) is 0 Å². The van der Waals surface area contributed by atoms with Gasteiger partial charge < -0.3 is 24.8 Å². The van der Waals surface area contributed by atoms with E-state index in [1.807, 2.05) is 12.1 Å². The van der Waals surface area contributed by atoms with E-state index in [-0.39, 0.29) is 24.3 Å². The summed E-state index contributed by atoms with van der Waals surface area (Å²) in [7, 11) is 1.61. The third-order valence-electron chi connectivity index (χ3n) is 4.17. The molecule has 1 saturated carbocycles. The molecule has 0 spiro atoms. The van der Waals surface area contributed by atoms with Crippen molar-refractivity contribution < 1.29 is 23.8 Å². The molecule has 0 heterocycles. The Morgan fingerprint density at radius 2 is 1.75 bits per heavy atom. The molecule has 1 aliphatic carbocycles. The summed E-state index contributed by atoms with van der Waals surface area (Å²) < 4.78 is 16.1. The van der Waals surface area contributed by atoms with Gasteiger partial charge in [0.2, 0.25) is 5.91 Å². The van der Waals surface area contributed by atoms with E-state index >= 15 is 0 Å². The van der Waals surface area contributed by atoms with Gasteiger partial charge in [0.15, 0.2) is 6.61 Å². The molecule has 28 heavy (non-hydrogen) atoms. The van der Waals surface area contributed by atoms with E-state index in [1.54, 1.807) is 43.5 Å². The van der Waals surface area contributed by atoms with Crippen LogP contribution in [0.2, 0.25) is 0 Å². The number of amides is 2. The van der Waals surface area contributed by atoms with Crippen LogP contribution < -0.4 is 24.8 Å². The van der Waals surface area contributed by atoms with E-state index in [2.05, 4.69) is 10.6 Å². The van der Waals surface area contributed by atoms with Crippen molar-refractivity contribution in [1.29, 1.82) is 0 Å². The molecule has 0 atom stereocenters. The standard InChI is InChI=1S/C21H24N2O5/c1-26-17-7-9-18(10-8-17)27-12-11-22-20(24)14-28-19-4-2-3-16(13-19)23-21(25)15-5-6-15/h2-4,7-10,13,15H,5-6,11-12,14H2,1H3,(H,22,24)(H,23,25). The Morgan fingerprint density at radius 3 is 2.46 bits per heavy atom. The number of nitrogens with one attached hydrogen (secondary N) is 2. The van der Waals surface area contributed by atoms with Crippen LogP contribution in [0.3, 0.4) is 0 Å². The fourth-order valence-electron chi connectivity index (χ4n) is 2.48. The molecule has 0 aromatic heterocycles. The lowest BCUT2D eigenvalue weighted by atomic mass is 10.3. The van der Waals surface area contributed by atoms with Gasteiger partial charge in [-0.15, -0.1) is 0 Å². The average Bonchev–Trinajstić information content (AvgIpc) is 3.56. The summed E-state index contributed by atoms with van der Waals surface area (Å²) in [4.78, 5) is 23.7. The number of benzene rings is 2. The average molecular weight is 384 g/mol. The number of hydrogen-bond donors (Lipinski definition) is 2. The predicted octanol–water partition coefficient (Wildman–Crippen LogP) is 2.62. The second kappa shape index (κ2) is 9.64. The van der Waals surface area contributed by atoms with Crippen LogP contribution in [-0.4, -0.2) is 38.7 Å². The SMILES string of the molecule is COc1ccc(OCCNC(=O)COc2cccc(NC(=O)C3CC3)c2)cc1. The first-order chi connectivity index (χ1) is 13.6. The summed E-state index contributed by atoms with van der Waals surface area (Å²) in [6.07, 6.45) is 1.90. The van der Waals surface area contributed by atoms with Crippen LogP contribution in [0.5, 0.6) is 17.2 Å². The van der Waals surface area contributed by atoms with Gasteiger partial charge in [-0.3, -0.25) is 9.59 Å². The Balaban J connectivity index is 1.34. The molecule has 0 unspecified atom stereocenters. The van der Waals surface area contributed by atoms with Crippen LogP contribution in [0, 0.1) is 5.92 Å². The van der Waals surface area contributed by atoms with Gasteiger partial charge in [-0.2, -0.15) is 0 Å². The fraction of sp³-hybridized carbons (Fsp3) is 0.333. The minimum absolute atomic E-state index is 0.0340. The molecule has 0 radical (unpaired) electrons. The quantitative estimate of drug-likeness (QED) is 0.615. The minimum Gasteiger partial charge on any atom is -0.497 e. The zero-order valence-corrected chi connectivity index (χ0v) is 15.8. The number of rotatable bonds is 10. The smallest absolute Gasteiger partial charge is 0.258 e. The molecule has 2 aromatic rings. The molecular weight excluding hydrogens is 360 g/mol. The van der Waals surface area contributed by atoms with Crippen molar-refractivity contribution >= 4 is 17.5 Å². The monoisotopic (exact) mass is 384 g/mol. The van der Waals surface area contributed by atoms with Crippen molar-refractivity contribution in [2.75, 3.05) is 32.2 Å². The molecule has 0 aliphatic heterocycles. The molecule has 0 saturated heterocycles. The summed E-state index contributed by atoms with van der Waals surface area (Å²) in [5.41, 5.74) is 0.669. The lowest BCUT2D eigenvalue weighted by Gasteiger charge is -2.10. The third-order valence-corrected chi connectivity index (χ3v) is 4.17. The Morgan fingerprint density at radius 1 is 1.00 bits per heavy atom. The Labute approximate surface area is 164 Å². The van der Waals surface area contributed by atoms with Crippen LogP contribution in [-0.2, 0) is 9.59 Å². The summed E-state index contributed by atoms with van der Waals surface area (Å²) in [6, 6.07) is 14.2. The molecule has 1 fully saturated rings. The van der Waals surface area contributed by atoms with Crippen molar-refractivity contribution in [3.8, 4) is 17.2 Å². The maximum Gasteiger partial charge on any atom is 0.258 e. The van der Waals surface area contributed by atoms with Gasteiger partial charge in [0.05, 0.1) is 13.7 Å². The largest absolute Gasteiger partial charge is 0.497 e. The highest BCUT2D eigenvalue weighted by atomic mass is 16.5. The summed E-state index contributed by atoms with van der Waals surface area (Å²) in [5.74, 6) is 1.91. The number of hydrogen-bond acceptors (Lipinski definition) is 5. The Bertz CT molecular complexity index is 803. The second-order valence-electron chi connectivity index (χ2n) is 6.45. The number of ether oxygens (including phenoxy) is 3. The van der Waals surface area contributed by atoms with Crippen LogP contribution in [0.15, 0.2) is 48.5 Å². The normalized spacial score (nSPS) is 12.8. The zero-order valence-electron chi connectivity index (χ0n) is 15.8. The first kappa shape index (κ1) is 19.5. The van der Waals surface area contributed by atoms with E-state index in [0.717, 1.165) is 18.6 Å². The maximum absolute atomic E-state index is 11.9. The molecule has 3 rings (SSSR count). The van der Waals surface area contributed by atoms with Gasteiger partial charge >= 0.3 is 0 Å². The van der Waals surface area contributed by atoms with Gasteiger partial charge in [0.1, 0.15) is 23.9 Å². The minimum atomic E-state index is -0.245. The van der Waals surface area contributed by atoms with Crippen molar-refractivity contribution in [3.63, 3.8) is 0 Å². The van der Waals surface area contributed by atoms with Gasteiger partial charge in [0, 0.05) is 17.7 Å². The lowest BCUT2D eigenvalue weighted by Crippen LogP contribution is -2.32. The van der Waals surface area contributed by atoms with Crippen molar-refractivity contribution in [2.45, 2.75) is 12.8 Å². The van der Waals surface area contributed by atoms with Gasteiger partial charge in [-0.1, -0.05) is 6.07 Å². The van der Waals surface area contributed by atoms with E-state index in [4.69, 9.17) is 14.2 Å². The van der Waals surface area contributed by atoms with Gasteiger partial charge in [0.25, 0.3) is 5.91 Å². The summed E-state index contributed by atoms with van der Waals surface area (Å²) in [6.45, 7) is 0.606. The van der Waals surface area contributed by atoms with E-state index in [0.29, 0.717) is 30.3 Å². The van der Waals surface area contributed by atoms with Crippen LogP contribution in [0.25, 0.3) is 0 Å². The molecule has 2 aromatic carbocycles. The first-order valence-electron chi connectivity index (χ1n) is 9.21. The molecule has 1 aliphatic rings. The molecule has 2 amide bonds. The van der Waals surface area contributed by atoms with Crippen LogP contribution >= 0.6 is 0 Å². The molecule has 148 valence electrons. The highest BCUT2D eigenvalue weighted by Crippen LogP contribution is 2.30. The summed E-state index contributed by atoms with van der Waals surface area (Å²) >= 11 is 0. The number of anilines is 1. The lowest BCUT2D eigenvalue weighted by molar-refractivity contribution is -0.123. The van der Waals surface area contributed by atoms with Gasteiger partial charge in [-0.05, 0) is 49.2 Å². The highest BCUT2D eigenvalue weighted by Gasteiger charge is 2.29. The molecule has 2 N–H and O–H groups in total. The number of carbonyl (C=O) groups is 2. The second-order valence-corrected chi connectivity index (χ2v) is 6.45. The first-order valence-corrected chi connectivity index (χ1v) is 9.21. The number of carbonyl (C=O) groups excluding carboxylic acids is 2.